The largest absolute Gasteiger partial charge is 0.309 e. The monoisotopic (exact) mass is 758 g/mol. The summed E-state index contributed by atoms with van der Waals surface area (Å²) in [5, 5.41) is 5.98. The number of hydrogen-bond donors (Lipinski definition) is 0. The van der Waals surface area contributed by atoms with Gasteiger partial charge in [-0.3, -0.25) is 4.57 Å². The van der Waals surface area contributed by atoms with Crippen LogP contribution in [0.4, 0.5) is 0 Å². The van der Waals surface area contributed by atoms with E-state index >= 15 is 0 Å². The van der Waals surface area contributed by atoms with Gasteiger partial charge in [0, 0.05) is 53.4 Å². The molecule has 0 unspecified atom stereocenters. The fourth-order valence-electron chi connectivity index (χ4n) is 10.0. The molecule has 4 nitrogen and oxygen atoms in total. The third-order valence-corrected chi connectivity index (χ3v) is 13.9. The van der Waals surface area contributed by atoms with Crippen molar-refractivity contribution in [1.82, 2.24) is 19.1 Å². The highest BCUT2D eigenvalue weighted by Crippen LogP contribution is 2.50. The Morgan fingerprint density at radius 3 is 1.83 bits per heavy atom. The van der Waals surface area contributed by atoms with Crippen LogP contribution < -0.4 is 0 Å². The minimum atomic E-state index is -0.0688. The summed E-state index contributed by atoms with van der Waals surface area (Å²) in [6.45, 7) is 4.71. The molecular formula is C53H34N4S. The van der Waals surface area contributed by atoms with Crippen LogP contribution in [-0.4, -0.2) is 19.1 Å². The van der Waals surface area contributed by atoms with Crippen molar-refractivity contribution in [1.29, 1.82) is 0 Å². The molecule has 13 rings (SSSR count). The number of aromatic nitrogens is 4. The molecule has 0 radical (unpaired) electrons. The van der Waals surface area contributed by atoms with Crippen molar-refractivity contribution >= 4 is 66.3 Å². The van der Waals surface area contributed by atoms with Gasteiger partial charge in [-0.15, -0.1) is 0 Å². The van der Waals surface area contributed by atoms with E-state index in [1.165, 1.54) is 81.4 Å². The van der Waals surface area contributed by atoms with Gasteiger partial charge in [0.1, 0.15) is 0 Å². The van der Waals surface area contributed by atoms with E-state index in [9.17, 15) is 0 Å². The second-order valence-corrected chi connectivity index (χ2v) is 17.3. The molecule has 0 atom stereocenters. The first-order valence-corrected chi connectivity index (χ1v) is 20.7. The fourth-order valence-corrected chi connectivity index (χ4v) is 11.1. The highest BCUT2D eigenvalue weighted by molar-refractivity contribution is 7.99. The molecule has 1 aliphatic carbocycles. The van der Waals surface area contributed by atoms with Crippen LogP contribution in [-0.2, 0) is 5.41 Å². The lowest BCUT2D eigenvalue weighted by Crippen LogP contribution is -2.15. The van der Waals surface area contributed by atoms with Crippen molar-refractivity contribution in [3.8, 4) is 45.1 Å². The first kappa shape index (κ1) is 32.2. The number of benzene rings is 8. The van der Waals surface area contributed by atoms with Crippen LogP contribution in [0.15, 0.2) is 180 Å². The van der Waals surface area contributed by atoms with Crippen LogP contribution in [0.2, 0.25) is 0 Å². The number of hydrogen-bond acceptors (Lipinski definition) is 3. The number of nitrogens with zero attached hydrogens (tertiary/aromatic N) is 4. The smallest absolute Gasteiger partial charge is 0.235 e. The van der Waals surface area contributed by atoms with Gasteiger partial charge >= 0.3 is 0 Å². The molecule has 272 valence electrons. The summed E-state index contributed by atoms with van der Waals surface area (Å²) in [7, 11) is 0. The lowest BCUT2D eigenvalue weighted by Gasteiger charge is -2.22. The number of fused-ring (bicyclic) bond motifs is 11. The molecular weight excluding hydrogens is 725 g/mol. The van der Waals surface area contributed by atoms with Crippen LogP contribution in [0.5, 0.6) is 0 Å². The van der Waals surface area contributed by atoms with Gasteiger partial charge in [0.2, 0.25) is 5.95 Å². The lowest BCUT2D eigenvalue weighted by molar-refractivity contribution is 0.660. The Labute approximate surface area is 339 Å². The molecule has 0 bridgehead atoms. The van der Waals surface area contributed by atoms with E-state index in [2.05, 4.69) is 193 Å². The summed E-state index contributed by atoms with van der Waals surface area (Å²) in [5.74, 6) is 0.688. The van der Waals surface area contributed by atoms with Gasteiger partial charge in [-0.1, -0.05) is 129 Å². The average Bonchev–Trinajstić information content (AvgIpc) is 3.86. The van der Waals surface area contributed by atoms with Crippen LogP contribution in [0.25, 0.3) is 99.7 Å². The van der Waals surface area contributed by atoms with Crippen LogP contribution >= 0.6 is 11.8 Å². The summed E-state index contributed by atoms with van der Waals surface area (Å²) in [5.41, 5.74) is 16.7. The van der Waals surface area contributed by atoms with Crippen molar-refractivity contribution in [3.63, 3.8) is 0 Å². The molecule has 0 spiro atoms. The molecule has 5 heteroatoms. The van der Waals surface area contributed by atoms with E-state index in [0.29, 0.717) is 5.95 Å². The SMILES string of the molecule is CC1(C)c2ccccc2-c2ccc(-n3c4ccccc4c4cc(-c5ccc6c(c5)c5ccccc5n6-c5nc6c7c(cccc7n5)Sc5ccccc5-6)ccc43)cc21. The molecule has 8 aromatic carbocycles. The Morgan fingerprint density at radius 1 is 0.448 bits per heavy atom. The third-order valence-electron chi connectivity index (χ3n) is 12.7. The number of rotatable bonds is 3. The lowest BCUT2D eigenvalue weighted by atomic mass is 9.82. The molecule has 0 N–H and O–H groups in total. The molecule has 58 heavy (non-hydrogen) atoms. The van der Waals surface area contributed by atoms with Gasteiger partial charge in [-0.25, -0.2) is 9.97 Å². The van der Waals surface area contributed by atoms with Gasteiger partial charge in [0.25, 0.3) is 0 Å². The maximum absolute atomic E-state index is 5.36. The summed E-state index contributed by atoms with van der Waals surface area (Å²) in [4.78, 5) is 13.0. The third kappa shape index (κ3) is 4.31. The predicted molar refractivity (Wildman–Crippen MR) is 241 cm³/mol. The Hall–Kier alpha value is -6.95. The summed E-state index contributed by atoms with van der Waals surface area (Å²) in [6, 6.07) is 62.2. The maximum Gasteiger partial charge on any atom is 0.235 e. The number of para-hydroxylation sites is 2. The van der Waals surface area contributed by atoms with E-state index in [4.69, 9.17) is 9.97 Å². The summed E-state index contributed by atoms with van der Waals surface area (Å²) in [6.07, 6.45) is 0. The van der Waals surface area contributed by atoms with E-state index in [0.717, 1.165) is 33.2 Å². The van der Waals surface area contributed by atoms with Crippen molar-refractivity contribution in [2.45, 2.75) is 29.1 Å². The van der Waals surface area contributed by atoms with Crippen molar-refractivity contribution in [2.24, 2.45) is 0 Å². The predicted octanol–water partition coefficient (Wildman–Crippen LogP) is 13.9. The molecule has 0 saturated carbocycles. The second-order valence-electron chi connectivity index (χ2n) is 16.2. The summed E-state index contributed by atoms with van der Waals surface area (Å²) < 4.78 is 4.69. The molecule has 0 saturated heterocycles. The van der Waals surface area contributed by atoms with E-state index < -0.39 is 0 Å². The minimum Gasteiger partial charge on any atom is -0.309 e. The van der Waals surface area contributed by atoms with Crippen LogP contribution in [0, 0.1) is 0 Å². The standard InChI is InChI=1S/C53H34N4S/c1-53(2)41-16-7-3-12-34(41)35-25-24-33(30-42(35)53)56-44-18-8-4-13-36(44)39-28-31(22-26-46(39)56)32-23-27-47-40(29-32)37-14-5-9-19-45(37)57(47)52-54-43-17-11-21-49-50(43)51(55-52)38-15-6-10-20-48(38)58-49/h3-30H,1-2H3. The quantitative estimate of drug-likeness (QED) is 0.180. The Morgan fingerprint density at radius 2 is 1.05 bits per heavy atom. The summed E-state index contributed by atoms with van der Waals surface area (Å²) >= 11 is 1.80. The molecule has 3 aromatic heterocycles. The Bertz CT molecular complexity index is 3590. The molecule has 11 aromatic rings. The normalized spacial score (nSPS) is 13.8. The molecule has 0 fully saturated rings. The zero-order valence-corrected chi connectivity index (χ0v) is 32.7. The Balaban J connectivity index is 0.974. The van der Waals surface area contributed by atoms with Gasteiger partial charge in [0.05, 0.1) is 33.3 Å². The first-order valence-electron chi connectivity index (χ1n) is 19.9. The van der Waals surface area contributed by atoms with Gasteiger partial charge in [-0.05, 0) is 100 Å². The molecule has 4 heterocycles. The zero-order chi connectivity index (χ0) is 38.3. The van der Waals surface area contributed by atoms with Crippen molar-refractivity contribution in [3.05, 3.63) is 181 Å². The van der Waals surface area contributed by atoms with Crippen molar-refractivity contribution < 1.29 is 0 Å². The minimum absolute atomic E-state index is 0.0688. The van der Waals surface area contributed by atoms with E-state index in [-0.39, 0.29) is 5.41 Å². The van der Waals surface area contributed by atoms with Crippen LogP contribution in [0.3, 0.4) is 0 Å². The second kappa shape index (κ2) is 11.6. The maximum atomic E-state index is 5.36. The molecule has 0 amide bonds. The molecule has 2 aliphatic rings. The van der Waals surface area contributed by atoms with Gasteiger partial charge in [-0.2, -0.15) is 0 Å². The van der Waals surface area contributed by atoms with E-state index in [1.54, 1.807) is 11.8 Å². The molecule has 1 aliphatic heterocycles. The fraction of sp³-hybridized carbons (Fsp3) is 0.0566. The highest BCUT2D eigenvalue weighted by Gasteiger charge is 2.35. The van der Waals surface area contributed by atoms with Crippen molar-refractivity contribution in [2.75, 3.05) is 0 Å². The first-order chi connectivity index (χ1) is 28.5. The highest BCUT2D eigenvalue weighted by atomic mass is 32.2. The van der Waals surface area contributed by atoms with Gasteiger partial charge < -0.3 is 4.57 Å². The Kier molecular flexibility index (Phi) is 6.41. The zero-order valence-electron chi connectivity index (χ0n) is 31.9. The van der Waals surface area contributed by atoms with E-state index in [1.807, 2.05) is 0 Å². The van der Waals surface area contributed by atoms with Gasteiger partial charge in [0.15, 0.2) is 0 Å². The topological polar surface area (TPSA) is 35.6 Å². The van der Waals surface area contributed by atoms with Crippen LogP contribution in [0.1, 0.15) is 25.0 Å². The average molecular weight is 759 g/mol.